The summed E-state index contributed by atoms with van der Waals surface area (Å²) in [6.45, 7) is 4.86. The van der Waals surface area contributed by atoms with Crippen LogP contribution in [0.25, 0.3) is 0 Å². The van der Waals surface area contributed by atoms with Crippen LogP contribution in [0.15, 0.2) is 18.2 Å². The van der Waals surface area contributed by atoms with Crippen LogP contribution in [0.2, 0.25) is 0 Å². The van der Waals surface area contributed by atoms with E-state index in [0.717, 1.165) is 26.1 Å². The van der Waals surface area contributed by atoms with Gasteiger partial charge in [0.05, 0.1) is 6.61 Å². The molecular weight excluding hydrogens is 190 g/mol. The first-order valence-corrected chi connectivity index (χ1v) is 5.21. The number of fused-ring (bicyclic) bond motifs is 1. The molecule has 1 aliphatic heterocycles. The highest BCUT2D eigenvalue weighted by atomic mass is 16.5. The number of hydrogen-bond acceptors (Lipinski definition) is 2. The van der Waals surface area contributed by atoms with Gasteiger partial charge in [-0.2, -0.15) is 0 Å². The van der Waals surface area contributed by atoms with Crippen molar-refractivity contribution in [2.75, 3.05) is 6.61 Å². The summed E-state index contributed by atoms with van der Waals surface area (Å²) >= 11 is 0. The van der Waals surface area contributed by atoms with Crippen LogP contribution in [0.4, 0.5) is 0 Å². The normalized spacial score (nSPS) is 14.1. The summed E-state index contributed by atoms with van der Waals surface area (Å²) in [5.74, 6) is 0. The van der Waals surface area contributed by atoms with Gasteiger partial charge in [0, 0.05) is 19.7 Å². The highest BCUT2D eigenvalue weighted by molar-refractivity contribution is 5.51. The van der Waals surface area contributed by atoms with Crippen molar-refractivity contribution in [3.8, 4) is 0 Å². The summed E-state index contributed by atoms with van der Waals surface area (Å²) in [6, 6.07) is 6.30. The lowest BCUT2D eigenvalue weighted by Gasteiger charge is -2.04. The van der Waals surface area contributed by atoms with E-state index in [1.807, 2.05) is 6.92 Å². The Balaban J connectivity index is 2.11. The molecule has 1 aromatic carbocycles. The number of nitrogens with zero attached hydrogens (tertiary/aromatic N) is 1. The van der Waals surface area contributed by atoms with Crippen LogP contribution < -0.4 is 0 Å². The zero-order valence-electron chi connectivity index (χ0n) is 8.90. The van der Waals surface area contributed by atoms with Gasteiger partial charge in [0.1, 0.15) is 0 Å². The molecule has 0 saturated carbocycles. The maximum Gasteiger partial charge on any atom is 0.210 e. The Morgan fingerprint density at radius 1 is 1.40 bits per heavy atom. The van der Waals surface area contributed by atoms with Gasteiger partial charge in [0.15, 0.2) is 0 Å². The summed E-state index contributed by atoms with van der Waals surface area (Å²) in [5, 5.41) is 0. The summed E-state index contributed by atoms with van der Waals surface area (Å²) < 4.78 is 5.35. The number of hydrogen-bond donors (Lipinski definition) is 0. The van der Waals surface area contributed by atoms with E-state index in [4.69, 9.17) is 4.74 Å². The molecule has 3 heteroatoms. The van der Waals surface area contributed by atoms with Gasteiger partial charge in [-0.15, -0.1) is 0 Å². The van der Waals surface area contributed by atoms with E-state index in [9.17, 15) is 4.79 Å². The van der Waals surface area contributed by atoms with E-state index in [-0.39, 0.29) is 0 Å². The summed E-state index contributed by atoms with van der Waals surface area (Å²) in [5.41, 5.74) is 3.69. The van der Waals surface area contributed by atoms with Crippen LogP contribution in [0, 0.1) is 0 Å². The Kier molecular flexibility index (Phi) is 3.02. The second-order valence-electron chi connectivity index (χ2n) is 3.75. The van der Waals surface area contributed by atoms with Gasteiger partial charge in [0.25, 0.3) is 0 Å². The van der Waals surface area contributed by atoms with Crippen molar-refractivity contribution >= 4 is 6.41 Å². The monoisotopic (exact) mass is 205 g/mol. The van der Waals surface area contributed by atoms with E-state index >= 15 is 0 Å². The van der Waals surface area contributed by atoms with E-state index in [1.54, 1.807) is 4.90 Å². The molecule has 0 unspecified atom stereocenters. The third kappa shape index (κ3) is 2.18. The van der Waals surface area contributed by atoms with E-state index in [0.29, 0.717) is 6.61 Å². The number of benzene rings is 1. The molecule has 0 aromatic heterocycles. The van der Waals surface area contributed by atoms with Crippen molar-refractivity contribution in [3.05, 3.63) is 34.9 Å². The lowest BCUT2D eigenvalue weighted by Crippen LogP contribution is -2.12. The Morgan fingerprint density at radius 3 is 2.93 bits per heavy atom. The maximum atomic E-state index is 10.6. The van der Waals surface area contributed by atoms with Crippen molar-refractivity contribution in [2.45, 2.75) is 26.6 Å². The zero-order valence-corrected chi connectivity index (χ0v) is 8.90. The van der Waals surface area contributed by atoms with Crippen LogP contribution in [0.3, 0.4) is 0 Å². The van der Waals surface area contributed by atoms with Gasteiger partial charge in [0.2, 0.25) is 6.41 Å². The molecule has 0 spiro atoms. The minimum atomic E-state index is 0.658. The number of amides is 1. The minimum absolute atomic E-state index is 0.658. The Hall–Kier alpha value is -1.35. The van der Waals surface area contributed by atoms with Gasteiger partial charge in [-0.25, -0.2) is 0 Å². The number of carbonyl (C=O) groups excluding carboxylic acids is 1. The van der Waals surface area contributed by atoms with Gasteiger partial charge in [-0.05, 0) is 23.6 Å². The van der Waals surface area contributed by atoms with Crippen molar-refractivity contribution in [2.24, 2.45) is 0 Å². The van der Waals surface area contributed by atoms with Crippen LogP contribution in [0.1, 0.15) is 23.6 Å². The number of rotatable bonds is 4. The molecular formula is C12H15NO2. The summed E-state index contributed by atoms with van der Waals surface area (Å²) in [6.07, 6.45) is 0.905. The molecule has 2 rings (SSSR count). The quantitative estimate of drug-likeness (QED) is 0.700. The maximum absolute atomic E-state index is 10.6. The molecule has 3 nitrogen and oxygen atoms in total. The topological polar surface area (TPSA) is 29.5 Å². The average molecular weight is 205 g/mol. The van der Waals surface area contributed by atoms with E-state index < -0.39 is 0 Å². The first kappa shape index (κ1) is 10.2. The van der Waals surface area contributed by atoms with E-state index in [1.165, 1.54) is 16.7 Å². The highest BCUT2D eigenvalue weighted by Crippen LogP contribution is 2.22. The largest absolute Gasteiger partial charge is 0.377 e. The van der Waals surface area contributed by atoms with Crippen LogP contribution in [-0.2, 0) is 29.2 Å². The molecule has 0 N–H and O–H groups in total. The zero-order chi connectivity index (χ0) is 10.7. The fourth-order valence-electron chi connectivity index (χ4n) is 1.86. The SMILES string of the molecule is CCOCc1ccc2c(c1)CN(C=O)C2. The van der Waals surface area contributed by atoms with E-state index in [2.05, 4.69) is 18.2 Å². The Morgan fingerprint density at radius 2 is 2.20 bits per heavy atom. The number of carbonyl (C=O) groups is 1. The van der Waals surface area contributed by atoms with Crippen LogP contribution >= 0.6 is 0 Å². The smallest absolute Gasteiger partial charge is 0.210 e. The average Bonchev–Trinajstić information content (AvgIpc) is 2.68. The molecule has 1 amide bonds. The molecule has 0 saturated heterocycles. The standard InChI is InChI=1S/C12H15NO2/c1-2-15-8-10-3-4-11-6-13(9-14)7-12(11)5-10/h3-5,9H,2,6-8H2,1H3. The molecule has 0 fully saturated rings. The molecule has 0 bridgehead atoms. The second-order valence-corrected chi connectivity index (χ2v) is 3.75. The van der Waals surface area contributed by atoms with Gasteiger partial charge < -0.3 is 9.64 Å². The third-order valence-corrected chi connectivity index (χ3v) is 2.64. The molecule has 1 heterocycles. The fourth-order valence-corrected chi connectivity index (χ4v) is 1.86. The van der Waals surface area contributed by atoms with Crippen molar-refractivity contribution in [3.63, 3.8) is 0 Å². The van der Waals surface area contributed by atoms with Gasteiger partial charge in [-0.3, -0.25) is 4.79 Å². The highest BCUT2D eigenvalue weighted by Gasteiger charge is 2.16. The Labute approximate surface area is 89.7 Å². The molecule has 0 aliphatic carbocycles. The van der Waals surface area contributed by atoms with Crippen LogP contribution in [0.5, 0.6) is 0 Å². The van der Waals surface area contributed by atoms with Crippen LogP contribution in [-0.4, -0.2) is 17.9 Å². The Bertz CT molecular complexity index is 363. The first-order chi connectivity index (χ1) is 7.33. The lowest BCUT2D eigenvalue weighted by molar-refractivity contribution is -0.118. The minimum Gasteiger partial charge on any atom is -0.377 e. The molecule has 80 valence electrons. The predicted molar refractivity (Wildman–Crippen MR) is 57.1 cm³/mol. The molecule has 0 atom stereocenters. The molecule has 0 radical (unpaired) electrons. The summed E-state index contributed by atoms with van der Waals surface area (Å²) in [4.78, 5) is 12.4. The molecule has 15 heavy (non-hydrogen) atoms. The second kappa shape index (κ2) is 4.45. The number of ether oxygens (including phenoxy) is 1. The predicted octanol–water partition coefficient (Wildman–Crippen LogP) is 1.70. The first-order valence-electron chi connectivity index (χ1n) is 5.21. The fraction of sp³-hybridized carbons (Fsp3) is 0.417. The van der Waals surface area contributed by atoms with Crippen molar-refractivity contribution in [1.82, 2.24) is 4.90 Å². The lowest BCUT2D eigenvalue weighted by atomic mass is 10.1. The van der Waals surface area contributed by atoms with Crippen molar-refractivity contribution < 1.29 is 9.53 Å². The molecule has 1 aliphatic rings. The summed E-state index contributed by atoms with van der Waals surface area (Å²) in [7, 11) is 0. The van der Waals surface area contributed by atoms with Gasteiger partial charge >= 0.3 is 0 Å². The third-order valence-electron chi connectivity index (χ3n) is 2.64. The van der Waals surface area contributed by atoms with Gasteiger partial charge in [-0.1, -0.05) is 18.2 Å². The molecule has 1 aromatic rings. The van der Waals surface area contributed by atoms with Crippen molar-refractivity contribution in [1.29, 1.82) is 0 Å².